The second kappa shape index (κ2) is 6.26. The summed E-state index contributed by atoms with van der Waals surface area (Å²) >= 11 is 6.08. The molecule has 0 saturated heterocycles. The SMILES string of the molecule is CCN(Cc1ccccc1)c1ccc(C#N)c(Cl)c1. The summed E-state index contributed by atoms with van der Waals surface area (Å²) in [6, 6.07) is 17.9. The first-order valence-corrected chi connectivity index (χ1v) is 6.61. The van der Waals surface area contributed by atoms with Gasteiger partial charge in [-0.3, -0.25) is 0 Å². The number of halogens is 1. The van der Waals surface area contributed by atoms with Gasteiger partial charge in [-0.1, -0.05) is 41.9 Å². The van der Waals surface area contributed by atoms with Crippen LogP contribution in [0.1, 0.15) is 18.1 Å². The fourth-order valence-corrected chi connectivity index (χ4v) is 2.20. The molecule has 0 N–H and O–H groups in total. The Labute approximate surface area is 118 Å². The summed E-state index contributed by atoms with van der Waals surface area (Å²) in [7, 11) is 0. The molecule has 2 aromatic carbocycles. The molecule has 96 valence electrons. The van der Waals surface area contributed by atoms with E-state index >= 15 is 0 Å². The van der Waals surface area contributed by atoms with Gasteiger partial charge in [0.1, 0.15) is 6.07 Å². The summed E-state index contributed by atoms with van der Waals surface area (Å²) in [5.41, 5.74) is 2.81. The van der Waals surface area contributed by atoms with Crippen LogP contribution in [-0.4, -0.2) is 6.54 Å². The topological polar surface area (TPSA) is 27.0 Å². The Kier molecular flexibility index (Phi) is 4.43. The zero-order chi connectivity index (χ0) is 13.7. The van der Waals surface area contributed by atoms with Crippen LogP contribution < -0.4 is 4.90 Å². The molecule has 0 unspecified atom stereocenters. The number of anilines is 1. The van der Waals surface area contributed by atoms with Crippen LogP contribution >= 0.6 is 11.6 Å². The lowest BCUT2D eigenvalue weighted by Gasteiger charge is -2.23. The molecule has 0 aromatic heterocycles. The van der Waals surface area contributed by atoms with Gasteiger partial charge in [-0.15, -0.1) is 0 Å². The van der Waals surface area contributed by atoms with Crippen LogP contribution in [0.5, 0.6) is 0 Å². The molecule has 0 aliphatic carbocycles. The monoisotopic (exact) mass is 270 g/mol. The van der Waals surface area contributed by atoms with E-state index in [0.717, 1.165) is 18.8 Å². The van der Waals surface area contributed by atoms with Crippen molar-refractivity contribution < 1.29 is 0 Å². The van der Waals surface area contributed by atoms with Gasteiger partial charge in [0.2, 0.25) is 0 Å². The zero-order valence-corrected chi connectivity index (χ0v) is 11.6. The third-order valence-electron chi connectivity index (χ3n) is 3.04. The van der Waals surface area contributed by atoms with Crippen LogP contribution in [0.2, 0.25) is 5.02 Å². The summed E-state index contributed by atoms with van der Waals surface area (Å²) in [5.74, 6) is 0. The average molecular weight is 271 g/mol. The van der Waals surface area contributed by atoms with Gasteiger partial charge in [0.05, 0.1) is 10.6 Å². The molecule has 0 radical (unpaired) electrons. The molecule has 2 rings (SSSR count). The minimum absolute atomic E-state index is 0.506. The first-order chi connectivity index (χ1) is 9.24. The van der Waals surface area contributed by atoms with Crippen molar-refractivity contribution in [3.63, 3.8) is 0 Å². The first kappa shape index (κ1) is 13.5. The Morgan fingerprint density at radius 1 is 1.16 bits per heavy atom. The molecular formula is C16H15ClN2. The predicted octanol–water partition coefficient (Wildman–Crippen LogP) is 4.24. The maximum absolute atomic E-state index is 8.89. The number of hydrogen-bond donors (Lipinski definition) is 0. The van der Waals surface area contributed by atoms with Crippen LogP contribution in [0.4, 0.5) is 5.69 Å². The van der Waals surface area contributed by atoms with Crippen molar-refractivity contribution in [3.8, 4) is 6.07 Å². The Morgan fingerprint density at radius 3 is 2.47 bits per heavy atom. The zero-order valence-electron chi connectivity index (χ0n) is 10.8. The predicted molar refractivity (Wildman–Crippen MR) is 79.3 cm³/mol. The summed E-state index contributed by atoms with van der Waals surface area (Å²) in [6.07, 6.45) is 0. The number of nitriles is 1. The molecule has 2 aromatic rings. The van der Waals surface area contributed by atoms with Crippen molar-refractivity contribution >= 4 is 17.3 Å². The van der Waals surface area contributed by atoms with E-state index in [0.29, 0.717) is 10.6 Å². The van der Waals surface area contributed by atoms with Gasteiger partial charge in [-0.05, 0) is 30.7 Å². The minimum atomic E-state index is 0.506. The lowest BCUT2D eigenvalue weighted by molar-refractivity contribution is 0.832. The van der Waals surface area contributed by atoms with Crippen LogP contribution in [0.15, 0.2) is 48.5 Å². The second-order valence-electron chi connectivity index (χ2n) is 4.28. The van der Waals surface area contributed by atoms with Crippen molar-refractivity contribution in [2.24, 2.45) is 0 Å². The highest BCUT2D eigenvalue weighted by Gasteiger charge is 2.08. The maximum Gasteiger partial charge on any atom is 0.101 e. The van der Waals surface area contributed by atoms with Gasteiger partial charge in [0.25, 0.3) is 0 Å². The number of rotatable bonds is 4. The van der Waals surface area contributed by atoms with Crippen molar-refractivity contribution in [3.05, 3.63) is 64.7 Å². The molecule has 0 aliphatic rings. The fourth-order valence-electron chi connectivity index (χ4n) is 1.98. The Balaban J connectivity index is 2.23. The summed E-state index contributed by atoms with van der Waals surface area (Å²) in [5, 5.41) is 9.40. The molecule has 0 saturated carbocycles. The van der Waals surface area contributed by atoms with E-state index in [2.05, 4.69) is 30.0 Å². The van der Waals surface area contributed by atoms with E-state index < -0.39 is 0 Å². The van der Waals surface area contributed by atoms with E-state index in [1.54, 1.807) is 6.07 Å². The molecule has 0 heterocycles. The standard InChI is InChI=1S/C16H15ClN2/c1-2-19(12-13-6-4-3-5-7-13)15-9-8-14(11-18)16(17)10-15/h3-10H,2,12H2,1H3. The molecule has 0 amide bonds. The van der Waals surface area contributed by atoms with E-state index in [-0.39, 0.29) is 0 Å². The third-order valence-corrected chi connectivity index (χ3v) is 3.35. The van der Waals surface area contributed by atoms with E-state index in [1.165, 1.54) is 5.56 Å². The molecule has 0 atom stereocenters. The third kappa shape index (κ3) is 3.27. The maximum atomic E-state index is 8.89. The van der Waals surface area contributed by atoms with Gasteiger partial charge in [-0.2, -0.15) is 5.26 Å². The highest BCUT2D eigenvalue weighted by atomic mass is 35.5. The van der Waals surface area contributed by atoms with Crippen LogP contribution in [0, 0.1) is 11.3 Å². The van der Waals surface area contributed by atoms with E-state index in [4.69, 9.17) is 16.9 Å². The van der Waals surface area contributed by atoms with Crippen molar-refractivity contribution in [2.45, 2.75) is 13.5 Å². The highest BCUT2D eigenvalue weighted by Crippen LogP contribution is 2.24. The summed E-state index contributed by atoms with van der Waals surface area (Å²) < 4.78 is 0. The van der Waals surface area contributed by atoms with Crippen LogP contribution in [0.25, 0.3) is 0 Å². The van der Waals surface area contributed by atoms with Crippen molar-refractivity contribution in [1.82, 2.24) is 0 Å². The molecule has 2 nitrogen and oxygen atoms in total. The second-order valence-corrected chi connectivity index (χ2v) is 4.68. The van der Waals surface area contributed by atoms with E-state index in [9.17, 15) is 0 Å². The number of benzene rings is 2. The van der Waals surface area contributed by atoms with Crippen LogP contribution in [-0.2, 0) is 6.54 Å². The fraction of sp³-hybridized carbons (Fsp3) is 0.188. The van der Waals surface area contributed by atoms with Crippen LogP contribution in [0.3, 0.4) is 0 Å². The molecule has 19 heavy (non-hydrogen) atoms. The molecule has 0 bridgehead atoms. The van der Waals surface area contributed by atoms with Crippen molar-refractivity contribution in [2.75, 3.05) is 11.4 Å². The Morgan fingerprint density at radius 2 is 1.89 bits per heavy atom. The number of hydrogen-bond acceptors (Lipinski definition) is 2. The highest BCUT2D eigenvalue weighted by molar-refractivity contribution is 6.32. The van der Waals surface area contributed by atoms with Gasteiger partial charge < -0.3 is 4.90 Å². The minimum Gasteiger partial charge on any atom is -0.367 e. The van der Waals surface area contributed by atoms with E-state index in [1.807, 2.05) is 30.3 Å². The van der Waals surface area contributed by atoms with Gasteiger partial charge >= 0.3 is 0 Å². The molecular weight excluding hydrogens is 256 g/mol. The quantitative estimate of drug-likeness (QED) is 0.831. The molecule has 0 spiro atoms. The smallest absolute Gasteiger partial charge is 0.101 e. The normalized spacial score (nSPS) is 9.95. The largest absolute Gasteiger partial charge is 0.367 e. The lowest BCUT2D eigenvalue weighted by atomic mass is 10.1. The Hall–Kier alpha value is -1.98. The van der Waals surface area contributed by atoms with Gasteiger partial charge in [0, 0.05) is 18.8 Å². The number of nitrogens with zero attached hydrogens (tertiary/aromatic N) is 2. The summed E-state index contributed by atoms with van der Waals surface area (Å²) in [6.45, 7) is 3.83. The van der Waals surface area contributed by atoms with Gasteiger partial charge in [0.15, 0.2) is 0 Å². The lowest BCUT2D eigenvalue weighted by Crippen LogP contribution is -2.21. The molecule has 0 aliphatic heterocycles. The molecule has 3 heteroatoms. The van der Waals surface area contributed by atoms with Gasteiger partial charge in [-0.25, -0.2) is 0 Å². The van der Waals surface area contributed by atoms with Crippen molar-refractivity contribution in [1.29, 1.82) is 5.26 Å². The first-order valence-electron chi connectivity index (χ1n) is 6.23. The Bertz CT molecular complexity index is 587. The molecule has 0 fully saturated rings. The summed E-state index contributed by atoms with van der Waals surface area (Å²) in [4.78, 5) is 2.22. The average Bonchev–Trinajstić information content (AvgIpc) is 2.46.